The van der Waals surface area contributed by atoms with E-state index in [1.807, 2.05) is 4.90 Å². The predicted octanol–water partition coefficient (Wildman–Crippen LogP) is -0.104. The zero-order chi connectivity index (χ0) is 16.9. The standard InChI is InChI=1S/C17H24FN3O3/c18-14-4-2-1-3-13(14)16(21-5-7-24-8-6-21)17(23)20-10-12-9-19-11-15(12)22/h1-4,12,15-16,19,22H,5-11H2,(H,20,23). The Bertz CT molecular complexity index is 566. The maximum Gasteiger partial charge on any atom is 0.242 e. The second kappa shape index (κ2) is 8.02. The van der Waals surface area contributed by atoms with Gasteiger partial charge in [0.05, 0.1) is 19.3 Å². The van der Waals surface area contributed by atoms with Crippen molar-refractivity contribution >= 4 is 5.91 Å². The van der Waals surface area contributed by atoms with Crippen LogP contribution in [0.15, 0.2) is 24.3 Å². The van der Waals surface area contributed by atoms with Crippen LogP contribution in [0.4, 0.5) is 4.39 Å². The molecule has 2 aliphatic rings. The van der Waals surface area contributed by atoms with Gasteiger partial charge < -0.3 is 20.5 Å². The lowest BCUT2D eigenvalue weighted by Crippen LogP contribution is -2.47. The molecule has 3 rings (SSSR count). The molecule has 3 N–H and O–H groups in total. The molecule has 3 atom stereocenters. The molecule has 2 saturated heterocycles. The van der Waals surface area contributed by atoms with Crippen LogP contribution in [0.5, 0.6) is 0 Å². The number of carbonyl (C=O) groups excluding carboxylic acids is 1. The number of ether oxygens (including phenoxy) is 1. The Balaban J connectivity index is 1.73. The van der Waals surface area contributed by atoms with Gasteiger partial charge in [0.2, 0.25) is 5.91 Å². The average molecular weight is 337 g/mol. The van der Waals surface area contributed by atoms with Gasteiger partial charge in [0.1, 0.15) is 11.9 Å². The van der Waals surface area contributed by atoms with Crippen LogP contribution in [0.3, 0.4) is 0 Å². The van der Waals surface area contributed by atoms with Crippen LogP contribution >= 0.6 is 0 Å². The first-order valence-electron chi connectivity index (χ1n) is 8.39. The van der Waals surface area contributed by atoms with E-state index in [1.54, 1.807) is 18.2 Å². The SMILES string of the molecule is O=C(NCC1CNCC1O)C(c1ccccc1F)N1CCOCC1. The number of nitrogens with one attached hydrogen (secondary N) is 2. The number of aliphatic hydroxyl groups excluding tert-OH is 1. The second-order valence-electron chi connectivity index (χ2n) is 6.30. The van der Waals surface area contributed by atoms with E-state index < -0.39 is 12.1 Å². The number of hydrogen-bond donors (Lipinski definition) is 3. The van der Waals surface area contributed by atoms with Crippen LogP contribution in [0.2, 0.25) is 0 Å². The summed E-state index contributed by atoms with van der Waals surface area (Å²) in [5.74, 6) is -0.632. The summed E-state index contributed by atoms with van der Waals surface area (Å²) in [4.78, 5) is 14.7. The minimum atomic E-state index is -0.679. The largest absolute Gasteiger partial charge is 0.391 e. The summed E-state index contributed by atoms with van der Waals surface area (Å²) < 4.78 is 19.6. The molecular formula is C17H24FN3O3. The molecule has 1 aromatic rings. The fourth-order valence-corrected chi connectivity index (χ4v) is 3.29. The summed E-state index contributed by atoms with van der Waals surface area (Å²) in [5.41, 5.74) is 0.377. The van der Waals surface area contributed by atoms with E-state index in [4.69, 9.17) is 4.74 Å². The highest BCUT2D eigenvalue weighted by Crippen LogP contribution is 2.25. The fraction of sp³-hybridized carbons (Fsp3) is 0.588. The summed E-state index contributed by atoms with van der Waals surface area (Å²) >= 11 is 0. The molecule has 6 nitrogen and oxygen atoms in total. The second-order valence-corrected chi connectivity index (χ2v) is 6.30. The van der Waals surface area contributed by atoms with E-state index in [1.165, 1.54) is 6.07 Å². The number of β-amino-alcohol motifs (C(OH)–C–C–N with tert-alkyl or cyclic N) is 1. The van der Waals surface area contributed by atoms with Crippen LogP contribution < -0.4 is 10.6 Å². The number of nitrogens with zero attached hydrogens (tertiary/aromatic N) is 1. The number of rotatable bonds is 5. The normalized spacial score (nSPS) is 26.2. The van der Waals surface area contributed by atoms with Gasteiger partial charge in [-0.05, 0) is 6.07 Å². The lowest BCUT2D eigenvalue weighted by atomic mass is 10.0. The lowest BCUT2D eigenvalue weighted by Gasteiger charge is -2.34. The van der Waals surface area contributed by atoms with Gasteiger partial charge in [0.15, 0.2) is 0 Å². The Labute approximate surface area is 141 Å². The summed E-state index contributed by atoms with van der Waals surface area (Å²) in [6, 6.07) is 5.71. The summed E-state index contributed by atoms with van der Waals surface area (Å²) in [6.45, 7) is 3.82. The first-order chi connectivity index (χ1) is 11.7. The van der Waals surface area contributed by atoms with Gasteiger partial charge in [-0.15, -0.1) is 0 Å². The molecule has 2 aliphatic heterocycles. The minimum Gasteiger partial charge on any atom is -0.391 e. The van der Waals surface area contributed by atoms with E-state index in [9.17, 15) is 14.3 Å². The van der Waals surface area contributed by atoms with Crippen molar-refractivity contribution in [2.75, 3.05) is 45.9 Å². The molecule has 3 unspecified atom stereocenters. The Morgan fingerprint density at radius 3 is 2.79 bits per heavy atom. The van der Waals surface area contributed by atoms with E-state index in [2.05, 4.69) is 10.6 Å². The van der Waals surface area contributed by atoms with Crippen LogP contribution in [0.1, 0.15) is 11.6 Å². The van der Waals surface area contributed by atoms with Gasteiger partial charge in [-0.1, -0.05) is 18.2 Å². The van der Waals surface area contributed by atoms with E-state index >= 15 is 0 Å². The fourth-order valence-electron chi connectivity index (χ4n) is 3.29. The van der Waals surface area contributed by atoms with Crippen molar-refractivity contribution in [1.82, 2.24) is 15.5 Å². The molecule has 24 heavy (non-hydrogen) atoms. The zero-order valence-electron chi connectivity index (χ0n) is 13.6. The van der Waals surface area contributed by atoms with Gasteiger partial charge in [0, 0.05) is 44.2 Å². The average Bonchev–Trinajstić information content (AvgIpc) is 3.01. The first kappa shape index (κ1) is 17.3. The number of hydrogen-bond acceptors (Lipinski definition) is 5. The lowest BCUT2D eigenvalue weighted by molar-refractivity contribution is -0.129. The highest BCUT2D eigenvalue weighted by molar-refractivity contribution is 5.83. The number of aliphatic hydroxyl groups is 1. The molecule has 0 saturated carbocycles. The Hall–Kier alpha value is -1.54. The highest BCUT2D eigenvalue weighted by atomic mass is 19.1. The molecule has 2 heterocycles. The van der Waals surface area contributed by atoms with Crippen LogP contribution in [-0.4, -0.2) is 68.0 Å². The molecular weight excluding hydrogens is 313 g/mol. The molecule has 0 aliphatic carbocycles. The van der Waals surface area contributed by atoms with Crippen molar-refractivity contribution in [3.63, 3.8) is 0 Å². The molecule has 132 valence electrons. The third kappa shape index (κ3) is 3.92. The van der Waals surface area contributed by atoms with Gasteiger partial charge in [-0.2, -0.15) is 0 Å². The summed E-state index contributed by atoms with van der Waals surface area (Å²) in [7, 11) is 0. The van der Waals surface area contributed by atoms with Gasteiger partial charge in [-0.3, -0.25) is 9.69 Å². The molecule has 0 aromatic heterocycles. The van der Waals surface area contributed by atoms with Crippen molar-refractivity contribution in [3.8, 4) is 0 Å². The third-order valence-corrected chi connectivity index (χ3v) is 4.70. The molecule has 1 aromatic carbocycles. The minimum absolute atomic E-state index is 0.0140. The Morgan fingerprint density at radius 1 is 1.38 bits per heavy atom. The first-order valence-corrected chi connectivity index (χ1v) is 8.39. The van der Waals surface area contributed by atoms with Crippen molar-refractivity contribution in [2.45, 2.75) is 12.1 Å². The number of benzene rings is 1. The molecule has 0 spiro atoms. The molecule has 2 fully saturated rings. The van der Waals surface area contributed by atoms with Gasteiger partial charge in [-0.25, -0.2) is 4.39 Å². The van der Waals surface area contributed by atoms with E-state index in [0.29, 0.717) is 51.5 Å². The maximum atomic E-state index is 14.3. The van der Waals surface area contributed by atoms with Gasteiger partial charge >= 0.3 is 0 Å². The Kier molecular flexibility index (Phi) is 5.78. The number of halogens is 1. The number of amides is 1. The third-order valence-electron chi connectivity index (χ3n) is 4.70. The number of morpholine rings is 1. The monoisotopic (exact) mass is 337 g/mol. The predicted molar refractivity (Wildman–Crippen MR) is 86.9 cm³/mol. The smallest absolute Gasteiger partial charge is 0.242 e. The highest BCUT2D eigenvalue weighted by Gasteiger charge is 2.32. The van der Waals surface area contributed by atoms with Crippen molar-refractivity contribution in [3.05, 3.63) is 35.6 Å². The zero-order valence-corrected chi connectivity index (χ0v) is 13.6. The Morgan fingerprint density at radius 2 is 2.12 bits per heavy atom. The summed E-state index contributed by atoms with van der Waals surface area (Å²) in [5, 5.41) is 15.8. The van der Waals surface area contributed by atoms with Crippen LogP contribution in [0.25, 0.3) is 0 Å². The van der Waals surface area contributed by atoms with E-state index in [0.717, 1.165) is 0 Å². The van der Waals surface area contributed by atoms with Crippen molar-refractivity contribution < 1.29 is 19.0 Å². The maximum absolute atomic E-state index is 14.3. The van der Waals surface area contributed by atoms with Crippen molar-refractivity contribution in [1.29, 1.82) is 0 Å². The van der Waals surface area contributed by atoms with E-state index in [-0.39, 0.29) is 17.6 Å². The molecule has 0 bridgehead atoms. The van der Waals surface area contributed by atoms with Gasteiger partial charge in [0.25, 0.3) is 0 Å². The molecule has 0 radical (unpaired) electrons. The summed E-state index contributed by atoms with van der Waals surface area (Å²) in [6.07, 6.45) is -0.458. The quantitative estimate of drug-likeness (QED) is 0.700. The molecule has 1 amide bonds. The number of carbonyl (C=O) groups is 1. The molecule has 7 heteroatoms. The van der Waals surface area contributed by atoms with Crippen LogP contribution in [-0.2, 0) is 9.53 Å². The van der Waals surface area contributed by atoms with Crippen LogP contribution in [0, 0.1) is 11.7 Å². The topological polar surface area (TPSA) is 73.8 Å². The van der Waals surface area contributed by atoms with Crippen molar-refractivity contribution in [2.24, 2.45) is 5.92 Å².